The van der Waals surface area contributed by atoms with Crippen LogP contribution in [0, 0.1) is 13.8 Å². The summed E-state index contributed by atoms with van der Waals surface area (Å²) >= 11 is 0. The Kier molecular flexibility index (Phi) is 7.56. The van der Waals surface area contributed by atoms with Crippen LogP contribution < -0.4 is 36.8 Å². The van der Waals surface area contributed by atoms with Gasteiger partial charge in [0.1, 0.15) is 5.76 Å². The highest BCUT2D eigenvalue weighted by Gasteiger charge is 2.24. The molecule has 218 valence electrons. The molecule has 44 heavy (non-hydrogen) atoms. The average molecular weight is 583 g/mol. The average Bonchev–Trinajstić information content (AvgIpc) is 3.72. The summed E-state index contributed by atoms with van der Waals surface area (Å²) in [5.41, 5.74) is 17.1. The van der Waals surface area contributed by atoms with E-state index in [1.165, 1.54) is 0 Å². The van der Waals surface area contributed by atoms with Gasteiger partial charge in [-0.25, -0.2) is 4.98 Å². The molecule has 0 unspecified atom stereocenters. The van der Waals surface area contributed by atoms with Crippen LogP contribution in [0.2, 0.25) is 0 Å². The van der Waals surface area contributed by atoms with Gasteiger partial charge in [0, 0.05) is 48.3 Å². The Morgan fingerprint density at radius 3 is 2.02 bits per heavy atom. The molecule has 0 radical (unpaired) electrons. The van der Waals surface area contributed by atoms with Crippen molar-refractivity contribution in [1.29, 1.82) is 0 Å². The number of fused-ring (bicyclic) bond motifs is 4. The van der Waals surface area contributed by atoms with Crippen molar-refractivity contribution in [3.05, 3.63) is 118 Å². The molecular weight excluding hydrogens is 552 g/mol. The number of nitrogens with zero attached hydrogens (tertiary/aromatic N) is 3. The highest BCUT2D eigenvalue weighted by atomic mass is 16.3. The first-order chi connectivity index (χ1) is 21.3. The van der Waals surface area contributed by atoms with E-state index in [9.17, 15) is 19.5 Å². The van der Waals surface area contributed by atoms with Crippen LogP contribution >= 0.6 is 0 Å². The molecule has 8 nitrogen and oxygen atoms in total. The van der Waals surface area contributed by atoms with E-state index in [4.69, 9.17) is 0 Å². The standard InChI is InChI=1S/C36H30N4O4/c1-4-5-6-7-8-13-24-35(43)37-27-20-29(39-14-9-10-15-39)22(2)18-25(27)31-33(41)32(34(31)42)26-19-23(3)30(40-16-11-12-17-40)21-28(26)38-36(24)44/h18-21,41H,1,9-12,14-17H2,2-3H3,(H,37,43). The number of anilines is 2. The second-order valence-corrected chi connectivity index (χ2v) is 11.2. The molecule has 0 spiro atoms. The first-order valence-corrected chi connectivity index (χ1v) is 14.7. The normalized spacial score (nSPS) is 14.5. The summed E-state index contributed by atoms with van der Waals surface area (Å²) in [7, 11) is 0. The predicted molar refractivity (Wildman–Crippen MR) is 173 cm³/mol. The fourth-order valence-corrected chi connectivity index (χ4v) is 6.24. The van der Waals surface area contributed by atoms with Crippen LogP contribution in [-0.4, -0.2) is 41.3 Å². The number of nitrogens with one attached hydrogen (secondary N) is 1. The maximum absolute atomic E-state index is 13.8. The zero-order valence-corrected chi connectivity index (χ0v) is 24.7. The molecule has 2 aromatic carbocycles. The fourth-order valence-electron chi connectivity index (χ4n) is 6.24. The molecule has 2 saturated heterocycles. The van der Waals surface area contributed by atoms with Gasteiger partial charge >= 0.3 is 0 Å². The number of aryl methyl sites for hydroxylation is 2. The topological polar surface area (TPSA) is 107 Å². The van der Waals surface area contributed by atoms with Crippen LogP contribution in [0.15, 0.2) is 73.9 Å². The maximum atomic E-state index is 13.8. The number of aliphatic hydroxyl groups is 1. The number of rotatable bonds is 2. The summed E-state index contributed by atoms with van der Waals surface area (Å²) in [6.45, 7) is 10.7. The summed E-state index contributed by atoms with van der Waals surface area (Å²) in [5.74, 6) is -0.192. The van der Waals surface area contributed by atoms with Crippen LogP contribution in [0.1, 0.15) is 42.4 Å². The Morgan fingerprint density at radius 1 is 0.818 bits per heavy atom. The lowest BCUT2D eigenvalue weighted by atomic mass is 9.94. The fraction of sp³-hybridized carbons (Fsp3) is 0.278. The highest BCUT2D eigenvalue weighted by molar-refractivity contribution is 5.97. The summed E-state index contributed by atoms with van der Waals surface area (Å²) in [6.07, 6.45) is 4.18. The number of hydrogen-bond donors (Lipinski definition) is 2. The van der Waals surface area contributed by atoms with Crippen molar-refractivity contribution in [1.82, 2.24) is 9.97 Å². The van der Waals surface area contributed by atoms with Crippen LogP contribution in [0.4, 0.5) is 11.4 Å². The van der Waals surface area contributed by atoms with Crippen molar-refractivity contribution in [2.75, 3.05) is 36.0 Å². The third-order valence-corrected chi connectivity index (χ3v) is 8.38. The van der Waals surface area contributed by atoms with Gasteiger partial charge in [0.25, 0.3) is 11.1 Å². The zero-order chi connectivity index (χ0) is 31.0. The second-order valence-electron chi connectivity index (χ2n) is 11.2. The number of aliphatic hydroxyl groups excluding tert-OH is 1. The molecule has 3 aromatic rings. The van der Waals surface area contributed by atoms with Crippen LogP contribution in [0.25, 0.3) is 33.3 Å². The second kappa shape index (κ2) is 11.6. The minimum absolute atomic E-state index is 0.0898. The van der Waals surface area contributed by atoms with E-state index in [1.54, 1.807) is 24.3 Å². The lowest BCUT2D eigenvalue weighted by Crippen LogP contribution is -2.41. The first-order valence-electron chi connectivity index (χ1n) is 14.7. The zero-order valence-electron chi connectivity index (χ0n) is 24.7. The SMILES string of the molecule is C=C=C=C=C=C=C=c1c(=O)nc2cc(N3CCCC3)c(C)cc2c2c(=O)c(c3cc(C)c(N4CCCC4)cc3[nH]c1=O)=C2O. The lowest BCUT2D eigenvalue weighted by Gasteiger charge is -2.21. The van der Waals surface area contributed by atoms with Crippen molar-refractivity contribution in [3.8, 4) is 0 Å². The number of aromatic nitrogens is 2. The molecule has 3 aliphatic heterocycles. The van der Waals surface area contributed by atoms with Gasteiger partial charge in [0.2, 0.25) is 5.43 Å². The van der Waals surface area contributed by atoms with Gasteiger partial charge in [-0.05, 0) is 110 Å². The molecule has 7 rings (SSSR count). The Labute approximate surface area is 252 Å². The van der Waals surface area contributed by atoms with Crippen molar-refractivity contribution in [2.45, 2.75) is 39.5 Å². The largest absolute Gasteiger partial charge is 0.506 e. The summed E-state index contributed by atoms with van der Waals surface area (Å²) in [5, 5.41) is 11.8. The van der Waals surface area contributed by atoms with Crippen molar-refractivity contribution in [3.63, 3.8) is 0 Å². The molecule has 2 N–H and O–H groups in total. The maximum Gasteiger partial charge on any atom is 0.291 e. The molecular formula is C36H30N4O4. The van der Waals surface area contributed by atoms with E-state index < -0.39 is 16.3 Å². The van der Waals surface area contributed by atoms with Gasteiger partial charge in [-0.1, -0.05) is 5.73 Å². The van der Waals surface area contributed by atoms with E-state index in [0.29, 0.717) is 16.3 Å². The van der Waals surface area contributed by atoms with E-state index >= 15 is 0 Å². The Morgan fingerprint density at radius 2 is 1.41 bits per heavy atom. The molecule has 1 aliphatic carbocycles. The minimum atomic E-state index is -0.886. The molecule has 0 saturated carbocycles. The Hall–Kier alpha value is -5.52. The smallest absolute Gasteiger partial charge is 0.291 e. The van der Waals surface area contributed by atoms with Crippen LogP contribution in [-0.2, 0) is 0 Å². The third-order valence-electron chi connectivity index (χ3n) is 8.38. The molecule has 8 heteroatoms. The number of aromatic amines is 1. The molecule has 0 atom stereocenters. The number of hydrogen-bond acceptors (Lipinski definition) is 7. The van der Waals surface area contributed by atoms with Crippen molar-refractivity contribution >= 4 is 44.7 Å². The third kappa shape index (κ3) is 5.04. The predicted octanol–water partition coefficient (Wildman–Crippen LogP) is 3.11. The van der Waals surface area contributed by atoms with Crippen molar-refractivity contribution in [2.24, 2.45) is 0 Å². The number of H-pyrrole nitrogens is 1. The lowest BCUT2D eigenvalue weighted by molar-refractivity contribution is 0.501. The van der Waals surface area contributed by atoms with Gasteiger partial charge in [0.15, 0.2) is 5.22 Å². The van der Waals surface area contributed by atoms with Crippen LogP contribution in [0.3, 0.4) is 0 Å². The Bertz CT molecular complexity index is 2380. The van der Waals surface area contributed by atoms with E-state index in [0.717, 1.165) is 74.4 Å². The molecule has 1 aromatic heterocycles. The van der Waals surface area contributed by atoms with Gasteiger partial charge in [-0.15, -0.1) is 0 Å². The molecule has 2 fully saturated rings. The summed E-state index contributed by atoms with van der Waals surface area (Å²) in [4.78, 5) is 52.8. The molecule has 0 amide bonds. The minimum Gasteiger partial charge on any atom is -0.506 e. The van der Waals surface area contributed by atoms with Crippen molar-refractivity contribution < 1.29 is 5.11 Å². The van der Waals surface area contributed by atoms with E-state index in [2.05, 4.69) is 60.7 Å². The quantitative estimate of drug-likeness (QED) is 0.448. The molecule has 4 heterocycles. The van der Waals surface area contributed by atoms with Crippen LogP contribution in [0.5, 0.6) is 0 Å². The molecule has 4 aliphatic rings. The monoisotopic (exact) mass is 582 g/mol. The van der Waals surface area contributed by atoms with Gasteiger partial charge in [0.05, 0.1) is 21.8 Å². The van der Waals surface area contributed by atoms with Gasteiger partial charge in [-0.2, -0.15) is 0 Å². The van der Waals surface area contributed by atoms with E-state index in [-0.39, 0.29) is 27.5 Å². The van der Waals surface area contributed by atoms with Gasteiger partial charge in [-0.3, -0.25) is 14.4 Å². The van der Waals surface area contributed by atoms with E-state index in [1.807, 2.05) is 13.8 Å². The van der Waals surface area contributed by atoms with Gasteiger partial charge < -0.3 is 19.9 Å². The first kappa shape index (κ1) is 28.6. The number of benzene rings is 2. The Balaban J connectivity index is 1.86. The summed E-state index contributed by atoms with van der Waals surface area (Å²) < 4.78 is 0. The summed E-state index contributed by atoms with van der Waals surface area (Å²) in [6, 6.07) is 7.13. The highest BCUT2D eigenvalue weighted by Crippen LogP contribution is 2.31. The molecule has 2 bridgehead atoms.